The number of carbonyl (C=O) groups is 1. The molecule has 0 saturated carbocycles. The van der Waals surface area contributed by atoms with Crippen molar-refractivity contribution in [3.8, 4) is 0 Å². The Labute approximate surface area is 173 Å². The van der Waals surface area contributed by atoms with Gasteiger partial charge < -0.3 is 20.1 Å². The number of carbonyl (C=O) groups excluding carboxylic acids is 1. The minimum absolute atomic E-state index is 0.0421. The van der Waals surface area contributed by atoms with Crippen molar-refractivity contribution in [3.05, 3.63) is 56.9 Å². The average Bonchev–Trinajstić information content (AvgIpc) is 3.06. The first-order valence-electron chi connectivity index (χ1n) is 9.92. The minimum atomic E-state index is -0.454. The van der Waals surface area contributed by atoms with Crippen molar-refractivity contribution in [2.75, 3.05) is 36.8 Å². The second-order valence-electron chi connectivity index (χ2n) is 7.74. The lowest BCUT2D eigenvalue weighted by Crippen LogP contribution is -2.52. The number of fused-ring (bicyclic) bond motifs is 1. The van der Waals surface area contributed by atoms with Crippen LogP contribution in [-0.2, 0) is 25.4 Å². The number of piperazine rings is 1. The van der Waals surface area contributed by atoms with Crippen molar-refractivity contribution in [2.24, 2.45) is 14.1 Å². The average molecular weight is 410 g/mol. The standard InChI is InChI=1S/C21H26N6O3/c1-14-12-15-6-4-5-7-16(15)27(14)13-17(28)25-8-10-26(11-9-25)18-19(22)23(2)21(30)24(3)20(18)29/h4-7,12H,8-11,13,22H2,1-3H3. The van der Waals surface area contributed by atoms with Crippen molar-refractivity contribution < 1.29 is 4.79 Å². The van der Waals surface area contributed by atoms with Gasteiger partial charge in [0.2, 0.25) is 5.91 Å². The molecular formula is C21H26N6O3. The van der Waals surface area contributed by atoms with Crippen LogP contribution in [-0.4, -0.2) is 50.7 Å². The quantitative estimate of drug-likeness (QED) is 0.669. The molecule has 1 aliphatic heterocycles. The highest BCUT2D eigenvalue weighted by Crippen LogP contribution is 2.21. The molecule has 3 aromatic rings. The van der Waals surface area contributed by atoms with Crippen LogP contribution in [0.15, 0.2) is 39.9 Å². The lowest BCUT2D eigenvalue weighted by atomic mass is 10.2. The van der Waals surface area contributed by atoms with Crippen LogP contribution in [0.1, 0.15) is 5.69 Å². The number of para-hydroxylation sites is 1. The van der Waals surface area contributed by atoms with Gasteiger partial charge in [-0.3, -0.25) is 18.7 Å². The van der Waals surface area contributed by atoms with E-state index in [1.165, 1.54) is 11.6 Å². The van der Waals surface area contributed by atoms with Gasteiger partial charge in [-0.15, -0.1) is 0 Å². The number of hydrogen-bond donors (Lipinski definition) is 1. The molecule has 158 valence electrons. The predicted octanol–water partition coefficient (Wildman–Crippen LogP) is 0.278. The Hall–Kier alpha value is -3.49. The SMILES string of the molecule is Cc1cc2ccccc2n1CC(=O)N1CCN(c2c(N)n(C)c(=O)n(C)c2=O)CC1. The number of nitrogen functional groups attached to an aromatic ring is 1. The van der Waals surface area contributed by atoms with Crippen LogP contribution in [0, 0.1) is 6.92 Å². The Kier molecular flexibility index (Phi) is 4.89. The monoisotopic (exact) mass is 410 g/mol. The van der Waals surface area contributed by atoms with Crippen molar-refractivity contribution >= 4 is 28.3 Å². The molecule has 1 saturated heterocycles. The normalized spacial score (nSPS) is 14.5. The number of rotatable bonds is 3. The Morgan fingerprint density at radius 3 is 2.40 bits per heavy atom. The zero-order valence-corrected chi connectivity index (χ0v) is 17.5. The van der Waals surface area contributed by atoms with Gasteiger partial charge in [-0.05, 0) is 24.4 Å². The summed E-state index contributed by atoms with van der Waals surface area (Å²) in [6.45, 7) is 4.22. The summed E-state index contributed by atoms with van der Waals surface area (Å²) in [6.07, 6.45) is 0. The van der Waals surface area contributed by atoms with E-state index >= 15 is 0 Å². The summed E-state index contributed by atoms with van der Waals surface area (Å²) < 4.78 is 4.36. The number of hydrogen-bond acceptors (Lipinski definition) is 5. The molecule has 1 aliphatic rings. The maximum atomic E-state index is 12.9. The molecule has 9 nitrogen and oxygen atoms in total. The van der Waals surface area contributed by atoms with Crippen LogP contribution < -0.4 is 21.9 Å². The van der Waals surface area contributed by atoms with E-state index in [-0.39, 0.29) is 18.3 Å². The summed E-state index contributed by atoms with van der Waals surface area (Å²) >= 11 is 0. The summed E-state index contributed by atoms with van der Waals surface area (Å²) in [5.74, 6) is 0.192. The van der Waals surface area contributed by atoms with Gasteiger partial charge in [0.25, 0.3) is 5.56 Å². The number of aromatic nitrogens is 3. The van der Waals surface area contributed by atoms with Gasteiger partial charge in [-0.1, -0.05) is 18.2 Å². The molecule has 1 amide bonds. The highest BCUT2D eigenvalue weighted by atomic mass is 16.2. The van der Waals surface area contributed by atoms with E-state index < -0.39 is 11.2 Å². The first-order valence-corrected chi connectivity index (χ1v) is 9.92. The molecule has 4 rings (SSSR count). The van der Waals surface area contributed by atoms with Crippen LogP contribution in [0.2, 0.25) is 0 Å². The van der Waals surface area contributed by atoms with Gasteiger partial charge in [0.15, 0.2) is 0 Å². The minimum Gasteiger partial charge on any atom is -0.383 e. The molecule has 0 unspecified atom stereocenters. The van der Waals surface area contributed by atoms with E-state index in [0.717, 1.165) is 21.2 Å². The molecule has 0 spiro atoms. The summed E-state index contributed by atoms with van der Waals surface area (Å²) in [7, 11) is 2.99. The second-order valence-corrected chi connectivity index (χ2v) is 7.74. The first-order chi connectivity index (χ1) is 14.3. The van der Waals surface area contributed by atoms with Gasteiger partial charge in [0, 0.05) is 51.5 Å². The Bertz CT molecular complexity index is 1240. The smallest absolute Gasteiger partial charge is 0.332 e. The Morgan fingerprint density at radius 1 is 1.03 bits per heavy atom. The van der Waals surface area contributed by atoms with Crippen LogP contribution in [0.25, 0.3) is 10.9 Å². The Morgan fingerprint density at radius 2 is 1.70 bits per heavy atom. The molecule has 0 radical (unpaired) electrons. The highest BCUT2D eigenvalue weighted by Gasteiger charge is 2.26. The Balaban J connectivity index is 1.50. The van der Waals surface area contributed by atoms with Gasteiger partial charge >= 0.3 is 5.69 Å². The molecule has 0 aliphatic carbocycles. The van der Waals surface area contributed by atoms with Crippen molar-refractivity contribution in [1.29, 1.82) is 0 Å². The van der Waals surface area contributed by atoms with Crippen LogP contribution in [0.4, 0.5) is 11.5 Å². The number of nitrogens with two attached hydrogens (primary N) is 1. The van der Waals surface area contributed by atoms with Gasteiger partial charge in [-0.25, -0.2) is 4.79 Å². The van der Waals surface area contributed by atoms with Gasteiger partial charge in [0.05, 0.1) is 0 Å². The molecule has 3 heterocycles. The highest BCUT2D eigenvalue weighted by molar-refractivity contribution is 5.84. The fourth-order valence-corrected chi connectivity index (χ4v) is 4.11. The van der Waals surface area contributed by atoms with E-state index in [9.17, 15) is 14.4 Å². The molecule has 0 bridgehead atoms. The predicted molar refractivity (Wildman–Crippen MR) is 117 cm³/mol. The summed E-state index contributed by atoms with van der Waals surface area (Å²) in [4.78, 5) is 41.2. The topological polar surface area (TPSA) is 98.5 Å². The largest absolute Gasteiger partial charge is 0.383 e. The molecule has 30 heavy (non-hydrogen) atoms. The number of aryl methyl sites for hydroxylation is 1. The number of anilines is 2. The fraction of sp³-hybridized carbons (Fsp3) is 0.381. The lowest BCUT2D eigenvalue weighted by molar-refractivity contribution is -0.132. The van der Waals surface area contributed by atoms with Crippen LogP contribution in [0.3, 0.4) is 0 Å². The van der Waals surface area contributed by atoms with Crippen LogP contribution >= 0.6 is 0 Å². The second kappa shape index (κ2) is 7.40. The molecule has 9 heteroatoms. The van der Waals surface area contributed by atoms with Crippen molar-refractivity contribution in [3.63, 3.8) is 0 Å². The molecule has 0 atom stereocenters. The molecule has 2 N–H and O–H groups in total. The zero-order chi connectivity index (χ0) is 21.6. The van der Waals surface area contributed by atoms with E-state index in [0.29, 0.717) is 31.9 Å². The zero-order valence-electron chi connectivity index (χ0n) is 17.5. The maximum Gasteiger partial charge on any atom is 0.332 e. The van der Waals surface area contributed by atoms with E-state index in [1.807, 2.05) is 45.6 Å². The third kappa shape index (κ3) is 3.16. The van der Waals surface area contributed by atoms with Crippen LogP contribution in [0.5, 0.6) is 0 Å². The summed E-state index contributed by atoms with van der Waals surface area (Å²) in [6, 6.07) is 10.1. The number of nitrogens with zero attached hydrogens (tertiary/aromatic N) is 5. The first kappa shape index (κ1) is 19.8. The number of amides is 1. The molecular weight excluding hydrogens is 384 g/mol. The third-order valence-corrected chi connectivity index (χ3v) is 5.94. The van der Waals surface area contributed by atoms with Gasteiger partial charge in [-0.2, -0.15) is 0 Å². The summed E-state index contributed by atoms with van der Waals surface area (Å²) in [5, 5.41) is 1.12. The molecule has 1 fully saturated rings. The van der Waals surface area contributed by atoms with E-state index in [2.05, 4.69) is 6.07 Å². The molecule has 2 aromatic heterocycles. The number of benzene rings is 1. The van der Waals surface area contributed by atoms with E-state index in [1.54, 1.807) is 7.05 Å². The third-order valence-electron chi connectivity index (χ3n) is 5.94. The fourth-order valence-electron chi connectivity index (χ4n) is 4.11. The summed E-state index contributed by atoms with van der Waals surface area (Å²) in [5.41, 5.74) is 7.61. The molecule has 1 aromatic carbocycles. The van der Waals surface area contributed by atoms with Crippen molar-refractivity contribution in [1.82, 2.24) is 18.6 Å². The van der Waals surface area contributed by atoms with Crippen molar-refractivity contribution in [2.45, 2.75) is 13.5 Å². The van der Waals surface area contributed by atoms with E-state index in [4.69, 9.17) is 5.73 Å². The maximum absolute atomic E-state index is 12.9. The van der Waals surface area contributed by atoms with Gasteiger partial charge in [0.1, 0.15) is 18.1 Å². The lowest BCUT2D eigenvalue weighted by Gasteiger charge is -2.36.